The number of nitrogens with zero attached hydrogens (tertiary/aromatic N) is 2. The Morgan fingerprint density at radius 1 is 1.36 bits per heavy atom. The molecule has 0 spiro atoms. The van der Waals surface area contributed by atoms with Crippen LogP contribution in [-0.4, -0.2) is 19.0 Å². The topological polar surface area (TPSA) is 27.3 Å². The molecule has 0 aliphatic rings. The summed E-state index contributed by atoms with van der Waals surface area (Å²) < 4.78 is 3.30. The minimum Gasteiger partial charge on any atom is -0.339 e. The highest BCUT2D eigenvalue weighted by atomic mass is 16.7. The van der Waals surface area contributed by atoms with Crippen molar-refractivity contribution in [2.24, 2.45) is 0 Å². The standard InChI is InChI=1S/C7H13N2O2/c1-6-7(2)9(11-4)5-8(6)10-3/h5H,1-4H3/q+1. The Balaban J connectivity index is 3.12. The van der Waals surface area contributed by atoms with Gasteiger partial charge < -0.3 is 9.68 Å². The van der Waals surface area contributed by atoms with Gasteiger partial charge in [-0.1, -0.05) is 0 Å². The lowest BCUT2D eigenvalue weighted by Crippen LogP contribution is -2.41. The zero-order valence-corrected chi connectivity index (χ0v) is 7.29. The molecule has 1 aromatic heterocycles. The van der Waals surface area contributed by atoms with Gasteiger partial charge in [0.2, 0.25) is 0 Å². The molecule has 0 saturated carbocycles. The van der Waals surface area contributed by atoms with Crippen LogP contribution in [0.2, 0.25) is 0 Å². The van der Waals surface area contributed by atoms with Crippen molar-refractivity contribution in [3.05, 3.63) is 17.7 Å². The maximum atomic E-state index is 5.02. The van der Waals surface area contributed by atoms with Gasteiger partial charge in [0.05, 0.1) is 0 Å². The number of hydrogen-bond donors (Lipinski definition) is 0. The fraction of sp³-hybridized carbons (Fsp3) is 0.571. The van der Waals surface area contributed by atoms with Gasteiger partial charge in [-0.3, -0.25) is 0 Å². The second-order valence-corrected chi connectivity index (χ2v) is 2.30. The zero-order chi connectivity index (χ0) is 8.43. The SMILES string of the molecule is COn1c[n+](OC)c(C)c1C. The summed E-state index contributed by atoms with van der Waals surface area (Å²) in [5.41, 5.74) is 2.07. The Hall–Kier alpha value is -1.19. The molecule has 0 aliphatic carbocycles. The van der Waals surface area contributed by atoms with Crippen LogP contribution in [0.4, 0.5) is 0 Å². The Morgan fingerprint density at radius 3 is 2.27 bits per heavy atom. The van der Waals surface area contributed by atoms with Gasteiger partial charge >= 0.3 is 6.33 Å². The van der Waals surface area contributed by atoms with Gasteiger partial charge in [0, 0.05) is 13.8 Å². The molecule has 1 rings (SSSR count). The Bertz CT molecular complexity index is 231. The van der Waals surface area contributed by atoms with E-state index in [1.54, 1.807) is 30.0 Å². The summed E-state index contributed by atoms with van der Waals surface area (Å²) in [5, 5.41) is 0. The van der Waals surface area contributed by atoms with Gasteiger partial charge in [-0.05, 0) is 9.46 Å². The van der Waals surface area contributed by atoms with Gasteiger partial charge in [-0.15, -0.1) is 0 Å². The van der Waals surface area contributed by atoms with Gasteiger partial charge in [0.1, 0.15) is 14.2 Å². The van der Waals surface area contributed by atoms with E-state index in [0.29, 0.717) is 0 Å². The quantitative estimate of drug-likeness (QED) is 0.542. The number of imidazole rings is 1. The van der Waals surface area contributed by atoms with Crippen LogP contribution in [0.15, 0.2) is 6.33 Å². The summed E-state index contributed by atoms with van der Waals surface area (Å²) in [6, 6.07) is 0. The van der Waals surface area contributed by atoms with Gasteiger partial charge in [-0.25, -0.2) is 0 Å². The molecule has 62 valence electrons. The third kappa shape index (κ3) is 1.15. The first-order valence-electron chi connectivity index (χ1n) is 3.40. The minimum atomic E-state index is 1.04. The fourth-order valence-electron chi connectivity index (χ4n) is 0.956. The number of hydrogen-bond acceptors (Lipinski definition) is 2. The van der Waals surface area contributed by atoms with Crippen LogP contribution >= 0.6 is 0 Å². The summed E-state index contributed by atoms with van der Waals surface area (Å²) in [6.07, 6.45) is 1.74. The normalized spacial score (nSPS) is 9.82. The maximum absolute atomic E-state index is 5.02. The maximum Gasteiger partial charge on any atom is 0.323 e. The molecule has 0 saturated heterocycles. The van der Waals surface area contributed by atoms with Gasteiger partial charge in [-0.2, -0.15) is 0 Å². The third-order valence-corrected chi connectivity index (χ3v) is 1.79. The lowest BCUT2D eigenvalue weighted by atomic mass is 10.4. The first kappa shape index (κ1) is 7.91. The molecular formula is C7H13N2O2+. The van der Waals surface area contributed by atoms with Crippen molar-refractivity contribution in [3.8, 4) is 0 Å². The highest BCUT2D eigenvalue weighted by Crippen LogP contribution is 1.98. The Kier molecular flexibility index (Phi) is 2.03. The third-order valence-electron chi connectivity index (χ3n) is 1.79. The van der Waals surface area contributed by atoms with Crippen LogP contribution < -0.4 is 14.4 Å². The summed E-state index contributed by atoms with van der Waals surface area (Å²) >= 11 is 0. The molecule has 0 N–H and O–H groups in total. The highest BCUT2D eigenvalue weighted by molar-refractivity contribution is 5.00. The Labute approximate surface area is 65.9 Å². The summed E-state index contributed by atoms with van der Waals surface area (Å²) in [4.78, 5) is 10.0. The fourth-order valence-corrected chi connectivity index (χ4v) is 0.956. The highest BCUT2D eigenvalue weighted by Gasteiger charge is 2.16. The number of rotatable bonds is 2. The molecule has 0 amide bonds. The second kappa shape index (κ2) is 2.82. The van der Waals surface area contributed by atoms with Crippen molar-refractivity contribution in [3.63, 3.8) is 0 Å². The summed E-state index contributed by atoms with van der Waals surface area (Å²) in [6.45, 7) is 3.93. The van der Waals surface area contributed by atoms with E-state index >= 15 is 0 Å². The summed E-state index contributed by atoms with van der Waals surface area (Å²) in [5.74, 6) is 0. The molecule has 0 radical (unpaired) electrons. The zero-order valence-electron chi connectivity index (χ0n) is 7.29. The second-order valence-electron chi connectivity index (χ2n) is 2.30. The van der Waals surface area contributed by atoms with E-state index in [1.807, 2.05) is 13.8 Å². The average Bonchev–Trinajstić information content (AvgIpc) is 2.30. The van der Waals surface area contributed by atoms with Crippen molar-refractivity contribution in [2.45, 2.75) is 13.8 Å². The molecule has 0 bridgehead atoms. The monoisotopic (exact) mass is 157 g/mol. The molecule has 0 unspecified atom stereocenters. The number of aromatic nitrogens is 2. The lowest BCUT2D eigenvalue weighted by molar-refractivity contribution is -0.889. The van der Waals surface area contributed by atoms with E-state index in [4.69, 9.17) is 9.68 Å². The van der Waals surface area contributed by atoms with Crippen molar-refractivity contribution in [2.75, 3.05) is 14.2 Å². The molecule has 1 heterocycles. The van der Waals surface area contributed by atoms with Gasteiger partial charge in [0.25, 0.3) is 0 Å². The first-order valence-corrected chi connectivity index (χ1v) is 3.40. The molecule has 1 aromatic rings. The molecule has 11 heavy (non-hydrogen) atoms. The molecular weight excluding hydrogens is 144 g/mol. The average molecular weight is 157 g/mol. The molecule has 4 nitrogen and oxygen atoms in total. The molecule has 0 aliphatic heterocycles. The first-order chi connectivity index (χ1) is 5.20. The van der Waals surface area contributed by atoms with Crippen LogP contribution in [0, 0.1) is 13.8 Å². The largest absolute Gasteiger partial charge is 0.339 e. The van der Waals surface area contributed by atoms with Crippen molar-refractivity contribution >= 4 is 0 Å². The van der Waals surface area contributed by atoms with E-state index in [1.165, 1.54) is 0 Å². The van der Waals surface area contributed by atoms with Crippen LogP contribution in [0.3, 0.4) is 0 Å². The van der Waals surface area contributed by atoms with E-state index < -0.39 is 0 Å². The van der Waals surface area contributed by atoms with Crippen molar-refractivity contribution < 1.29 is 14.4 Å². The van der Waals surface area contributed by atoms with Crippen LogP contribution in [0.25, 0.3) is 0 Å². The van der Waals surface area contributed by atoms with Crippen molar-refractivity contribution in [1.29, 1.82) is 0 Å². The van der Waals surface area contributed by atoms with Crippen LogP contribution in [0.1, 0.15) is 11.4 Å². The van der Waals surface area contributed by atoms with E-state index in [9.17, 15) is 0 Å². The van der Waals surface area contributed by atoms with E-state index in [-0.39, 0.29) is 0 Å². The van der Waals surface area contributed by atoms with Crippen LogP contribution in [-0.2, 0) is 0 Å². The molecule has 0 fully saturated rings. The smallest absolute Gasteiger partial charge is 0.323 e. The molecule has 0 atom stereocenters. The summed E-state index contributed by atoms with van der Waals surface area (Å²) in [7, 11) is 3.24. The minimum absolute atomic E-state index is 1.04. The van der Waals surface area contributed by atoms with E-state index in [2.05, 4.69) is 0 Å². The van der Waals surface area contributed by atoms with Gasteiger partial charge in [0.15, 0.2) is 11.4 Å². The van der Waals surface area contributed by atoms with Crippen molar-refractivity contribution in [1.82, 2.24) is 4.73 Å². The van der Waals surface area contributed by atoms with Crippen LogP contribution in [0.5, 0.6) is 0 Å². The molecule has 4 heteroatoms. The Morgan fingerprint density at radius 2 is 2.00 bits per heavy atom. The van der Waals surface area contributed by atoms with E-state index in [0.717, 1.165) is 11.4 Å². The molecule has 0 aromatic carbocycles. The predicted molar refractivity (Wildman–Crippen MR) is 39.1 cm³/mol. The predicted octanol–water partition coefficient (Wildman–Crippen LogP) is -0.491. The lowest BCUT2D eigenvalue weighted by Gasteiger charge is -1.89.